The second-order valence-electron chi connectivity index (χ2n) is 6.80. The van der Waals surface area contributed by atoms with E-state index in [1.807, 2.05) is 32.0 Å². The number of primary amides is 1. The molecule has 1 aromatic rings. The average molecular weight is 346 g/mol. The van der Waals surface area contributed by atoms with E-state index in [-0.39, 0.29) is 18.7 Å². The van der Waals surface area contributed by atoms with Gasteiger partial charge < -0.3 is 20.1 Å². The fourth-order valence-corrected chi connectivity index (χ4v) is 4.22. The smallest absolute Gasteiger partial charge is 0.241 e. The molecule has 2 N–H and O–H groups in total. The summed E-state index contributed by atoms with van der Waals surface area (Å²) in [6, 6.07) is 4.97. The van der Waals surface area contributed by atoms with Crippen LogP contribution in [0.15, 0.2) is 18.2 Å². The Hall–Kier alpha value is -2.24. The van der Waals surface area contributed by atoms with Crippen LogP contribution in [0.5, 0.6) is 11.5 Å². The molecule has 2 aliphatic rings. The molecule has 0 spiro atoms. The van der Waals surface area contributed by atoms with Gasteiger partial charge in [-0.05, 0) is 37.0 Å². The Balaban J connectivity index is 1.98. The van der Waals surface area contributed by atoms with E-state index >= 15 is 0 Å². The molecule has 2 atom stereocenters. The van der Waals surface area contributed by atoms with Crippen LogP contribution >= 0.6 is 0 Å². The number of hydrogen-bond acceptors (Lipinski definition) is 4. The number of carbonyl (C=O) groups is 2. The molecule has 1 fully saturated rings. The fraction of sp³-hybridized carbons (Fsp3) is 0.579. The number of likely N-dealkylation sites (tertiary alicyclic amines) is 1. The fourth-order valence-electron chi connectivity index (χ4n) is 4.22. The molecule has 1 aromatic carbocycles. The van der Waals surface area contributed by atoms with Crippen LogP contribution in [0.3, 0.4) is 0 Å². The normalized spacial score (nSPS) is 21.8. The molecule has 2 unspecified atom stereocenters. The standard InChI is InChI=1S/C19H26N2O4/c1-4-7-13(12-8-9-14-15(10-12)25-11-24-14)21-16(17(20)22)19(5-2,6-3)18(21)23/h8-10,13,16H,4-7,11H2,1-3H3,(H2,20,22). The largest absolute Gasteiger partial charge is 0.454 e. The van der Waals surface area contributed by atoms with Crippen LogP contribution in [0, 0.1) is 5.41 Å². The second-order valence-corrected chi connectivity index (χ2v) is 6.80. The number of carbonyl (C=O) groups excluding carboxylic acids is 2. The van der Waals surface area contributed by atoms with Crippen molar-refractivity contribution in [1.82, 2.24) is 4.90 Å². The Labute approximate surface area is 148 Å². The van der Waals surface area contributed by atoms with Gasteiger partial charge in [-0.2, -0.15) is 0 Å². The van der Waals surface area contributed by atoms with Crippen molar-refractivity contribution in [1.29, 1.82) is 0 Å². The van der Waals surface area contributed by atoms with Crippen molar-refractivity contribution in [3.05, 3.63) is 23.8 Å². The van der Waals surface area contributed by atoms with Gasteiger partial charge in [0.1, 0.15) is 6.04 Å². The van der Waals surface area contributed by atoms with Crippen molar-refractivity contribution in [3.8, 4) is 11.5 Å². The highest BCUT2D eigenvalue weighted by atomic mass is 16.7. The number of amides is 2. The molecule has 6 heteroatoms. The molecule has 2 amide bonds. The lowest BCUT2D eigenvalue weighted by molar-refractivity contribution is -0.184. The van der Waals surface area contributed by atoms with Crippen LogP contribution in [-0.4, -0.2) is 29.5 Å². The van der Waals surface area contributed by atoms with E-state index in [0.29, 0.717) is 24.3 Å². The summed E-state index contributed by atoms with van der Waals surface area (Å²) < 4.78 is 10.8. The summed E-state index contributed by atoms with van der Waals surface area (Å²) in [5.41, 5.74) is 5.99. The highest BCUT2D eigenvalue weighted by Gasteiger charge is 2.62. The number of hydrogen-bond donors (Lipinski definition) is 1. The first-order chi connectivity index (χ1) is 12.0. The molecule has 136 valence electrons. The van der Waals surface area contributed by atoms with Gasteiger partial charge in [0.15, 0.2) is 11.5 Å². The quantitative estimate of drug-likeness (QED) is 0.770. The van der Waals surface area contributed by atoms with E-state index in [1.165, 1.54) is 0 Å². The Morgan fingerprint density at radius 3 is 2.56 bits per heavy atom. The second kappa shape index (κ2) is 6.58. The summed E-state index contributed by atoms with van der Waals surface area (Å²) in [5, 5.41) is 0. The number of benzene rings is 1. The number of β-lactam (4-membered cyclic amide) rings is 1. The first kappa shape index (κ1) is 17.6. The summed E-state index contributed by atoms with van der Waals surface area (Å²) >= 11 is 0. The first-order valence-electron chi connectivity index (χ1n) is 9.01. The van der Waals surface area contributed by atoms with Crippen LogP contribution in [0.25, 0.3) is 0 Å². The maximum Gasteiger partial charge on any atom is 0.241 e. The van der Waals surface area contributed by atoms with Gasteiger partial charge in [0.05, 0.1) is 11.5 Å². The highest BCUT2D eigenvalue weighted by molar-refractivity contribution is 6.02. The third-order valence-electron chi connectivity index (χ3n) is 5.67. The predicted octanol–water partition coefficient (Wildman–Crippen LogP) is 2.76. The summed E-state index contributed by atoms with van der Waals surface area (Å²) in [6.07, 6.45) is 2.89. The molecule has 0 bridgehead atoms. The Morgan fingerprint density at radius 1 is 1.28 bits per heavy atom. The van der Waals surface area contributed by atoms with E-state index in [1.54, 1.807) is 4.90 Å². The van der Waals surface area contributed by atoms with Gasteiger partial charge in [-0.15, -0.1) is 0 Å². The highest BCUT2D eigenvalue weighted by Crippen LogP contribution is 2.50. The SMILES string of the molecule is CCCC(c1ccc2c(c1)OCO2)N1C(=O)C(CC)(CC)C1C(N)=O. The molecule has 0 saturated carbocycles. The molecule has 25 heavy (non-hydrogen) atoms. The molecule has 3 rings (SSSR count). The van der Waals surface area contributed by atoms with Crippen molar-refractivity contribution in [2.24, 2.45) is 11.1 Å². The van der Waals surface area contributed by atoms with Gasteiger partial charge in [0.25, 0.3) is 0 Å². The van der Waals surface area contributed by atoms with Crippen LogP contribution < -0.4 is 15.2 Å². The van der Waals surface area contributed by atoms with Crippen LogP contribution in [0.4, 0.5) is 0 Å². The molecular weight excluding hydrogens is 320 g/mol. The maximum absolute atomic E-state index is 13.0. The number of rotatable bonds is 7. The predicted molar refractivity (Wildman–Crippen MR) is 93.1 cm³/mol. The Bertz CT molecular complexity index is 684. The first-order valence-corrected chi connectivity index (χ1v) is 9.01. The third kappa shape index (κ3) is 2.55. The third-order valence-corrected chi connectivity index (χ3v) is 5.67. The zero-order valence-corrected chi connectivity index (χ0v) is 15.1. The van der Waals surface area contributed by atoms with Crippen molar-refractivity contribution in [2.45, 2.75) is 58.5 Å². The molecule has 6 nitrogen and oxygen atoms in total. The topological polar surface area (TPSA) is 81.9 Å². The lowest BCUT2D eigenvalue weighted by atomic mass is 9.65. The van der Waals surface area contributed by atoms with Crippen LogP contribution in [0.1, 0.15) is 58.1 Å². The zero-order valence-electron chi connectivity index (χ0n) is 15.1. The monoisotopic (exact) mass is 346 g/mol. The van der Waals surface area contributed by atoms with Crippen molar-refractivity contribution in [2.75, 3.05) is 6.79 Å². The van der Waals surface area contributed by atoms with Gasteiger partial charge in [-0.3, -0.25) is 9.59 Å². The van der Waals surface area contributed by atoms with Gasteiger partial charge in [-0.25, -0.2) is 0 Å². The van der Waals surface area contributed by atoms with E-state index in [9.17, 15) is 9.59 Å². The van der Waals surface area contributed by atoms with E-state index in [2.05, 4.69) is 6.92 Å². The van der Waals surface area contributed by atoms with Gasteiger partial charge in [0, 0.05) is 0 Å². The molecule has 2 aliphatic heterocycles. The minimum atomic E-state index is -0.659. The zero-order chi connectivity index (χ0) is 18.2. The van der Waals surface area contributed by atoms with Crippen molar-refractivity contribution < 1.29 is 19.1 Å². The van der Waals surface area contributed by atoms with E-state index in [0.717, 1.165) is 18.4 Å². The number of fused-ring (bicyclic) bond motifs is 1. The van der Waals surface area contributed by atoms with Crippen LogP contribution in [-0.2, 0) is 9.59 Å². The molecule has 0 aromatic heterocycles. The summed E-state index contributed by atoms with van der Waals surface area (Å²) in [4.78, 5) is 26.9. The molecule has 2 heterocycles. The molecule has 0 aliphatic carbocycles. The number of nitrogens with zero attached hydrogens (tertiary/aromatic N) is 1. The van der Waals surface area contributed by atoms with E-state index in [4.69, 9.17) is 15.2 Å². The number of nitrogens with two attached hydrogens (primary N) is 1. The minimum absolute atomic E-state index is 0.0254. The van der Waals surface area contributed by atoms with Gasteiger partial charge >= 0.3 is 0 Å². The van der Waals surface area contributed by atoms with Gasteiger partial charge in [0.2, 0.25) is 18.6 Å². The van der Waals surface area contributed by atoms with E-state index < -0.39 is 17.4 Å². The summed E-state index contributed by atoms with van der Waals surface area (Å²) in [7, 11) is 0. The lowest BCUT2D eigenvalue weighted by Crippen LogP contribution is -2.73. The maximum atomic E-state index is 13.0. The molecular formula is C19H26N2O4. The summed E-state index contributed by atoms with van der Waals surface area (Å²) in [6.45, 7) is 6.17. The molecule has 0 radical (unpaired) electrons. The van der Waals surface area contributed by atoms with Crippen LogP contribution in [0.2, 0.25) is 0 Å². The Kier molecular flexibility index (Phi) is 4.62. The minimum Gasteiger partial charge on any atom is -0.454 e. The average Bonchev–Trinajstić information content (AvgIpc) is 3.07. The van der Waals surface area contributed by atoms with Crippen molar-refractivity contribution >= 4 is 11.8 Å². The molecule has 1 saturated heterocycles. The van der Waals surface area contributed by atoms with Gasteiger partial charge in [-0.1, -0.05) is 33.3 Å². The number of ether oxygens (including phenoxy) is 2. The van der Waals surface area contributed by atoms with Crippen molar-refractivity contribution in [3.63, 3.8) is 0 Å². The summed E-state index contributed by atoms with van der Waals surface area (Å²) in [5.74, 6) is 0.985. The Morgan fingerprint density at radius 2 is 1.96 bits per heavy atom. The lowest BCUT2D eigenvalue weighted by Gasteiger charge is -2.57.